The standard InChI is InChI=1S/C23H34N2O13/c1-15-18(20(27)22(35-3)21(34-2)19(15)26)16(13-17(38-25(32)33)14-37-24(30)31)11-9-7-5-4-6-8-10-12-36-23(28)29/h16-17H,4-14H2,1-3H3,(H,28,29)/p-1. The van der Waals surface area contributed by atoms with Gasteiger partial charge in [-0.2, -0.15) is 0 Å². The molecule has 1 aliphatic carbocycles. The van der Waals surface area contributed by atoms with Gasteiger partial charge < -0.3 is 33.8 Å². The fourth-order valence-electron chi connectivity index (χ4n) is 4.29. The lowest BCUT2D eigenvalue weighted by atomic mass is 9.79. The number of carbonyl (C=O) groups is 3. The van der Waals surface area contributed by atoms with Gasteiger partial charge >= 0.3 is 0 Å². The monoisotopic (exact) mass is 545 g/mol. The minimum absolute atomic E-state index is 0.0821. The highest BCUT2D eigenvalue weighted by atomic mass is 17.0. The summed E-state index contributed by atoms with van der Waals surface area (Å²) in [7, 11) is 2.43. The Hall–Kier alpha value is -3.91. The maximum absolute atomic E-state index is 13.3. The molecule has 38 heavy (non-hydrogen) atoms. The molecule has 0 saturated carbocycles. The van der Waals surface area contributed by atoms with Crippen LogP contribution in [0.25, 0.3) is 0 Å². The zero-order valence-electron chi connectivity index (χ0n) is 21.6. The summed E-state index contributed by atoms with van der Waals surface area (Å²) in [6, 6.07) is 0. The number of hydrogen-bond donors (Lipinski definition) is 0. The molecule has 0 fully saturated rings. The number of nitrogens with zero attached hydrogens (tertiary/aromatic N) is 2. The molecular formula is C23H33N2O13-. The molecule has 214 valence electrons. The van der Waals surface area contributed by atoms with E-state index in [0.29, 0.717) is 19.3 Å². The Balaban J connectivity index is 2.94. The summed E-state index contributed by atoms with van der Waals surface area (Å²) >= 11 is 0. The number of unbranched alkanes of at least 4 members (excludes halogenated alkanes) is 6. The summed E-state index contributed by atoms with van der Waals surface area (Å²) < 4.78 is 14.5. The molecule has 0 bridgehead atoms. The molecule has 0 spiro atoms. The number of Topliss-reactive ketones (excluding diaryl/α,β-unsaturated/α-hetero) is 2. The fourth-order valence-corrected chi connectivity index (χ4v) is 4.29. The van der Waals surface area contributed by atoms with Crippen molar-refractivity contribution in [3.63, 3.8) is 0 Å². The Bertz CT molecular complexity index is 928. The van der Waals surface area contributed by atoms with E-state index >= 15 is 0 Å². The van der Waals surface area contributed by atoms with Crippen LogP contribution in [-0.4, -0.2) is 61.4 Å². The molecule has 2 atom stereocenters. The summed E-state index contributed by atoms with van der Waals surface area (Å²) in [6.07, 6.45) is 2.46. The second kappa shape index (κ2) is 16.8. The van der Waals surface area contributed by atoms with Crippen LogP contribution in [0.4, 0.5) is 4.79 Å². The maximum atomic E-state index is 13.3. The number of carbonyl (C=O) groups excluding carboxylic acids is 3. The third-order valence-corrected chi connectivity index (χ3v) is 5.99. The maximum Gasteiger partial charge on any atom is 0.294 e. The Labute approximate surface area is 218 Å². The lowest BCUT2D eigenvalue weighted by Crippen LogP contribution is -2.33. The molecule has 2 unspecified atom stereocenters. The number of methoxy groups -OCH3 is 2. The third-order valence-electron chi connectivity index (χ3n) is 5.99. The van der Waals surface area contributed by atoms with E-state index in [2.05, 4.69) is 14.4 Å². The number of ketones is 2. The van der Waals surface area contributed by atoms with Crippen molar-refractivity contribution in [1.82, 2.24) is 0 Å². The van der Waals surface area contributed by atoms with Crippen molar-refractivity contribution < 1.29 is 53.5 Å². The first kappa shape index (κ1) is 32.1. The van der Waals surface area contributed by atoms with Gasteiger partial charge in [-0.1, -0.05) is 38.5 Å². The number of hydrogen-bond acceptors (Lipinski definition) is 13. The minimum atomic E-state index is -1.55. The molecule has 0 amide bonds. The summed E-state index contributed by atoms with van der Waals surface area (Å²) in [5.41, 5.74) is 0.171. The van der Waals surface area contributed by atoms with Gasteiger partial charge in [0.25, 0.3) is 16.3 Å². The van der Waals surface area contributed by atoms with Crippen LogP contribution >= 0.6 is 0 Å². The van der Waals surface area contributed by atoms with Crippen molar-refractivity contribution in [3.8, 4) is 0 Å². The minimum Gasteiger partial charge on any atom is -0.550 e. The van der Waals surface area contributed by atoms with Crippen LogP contribution in [0.5, 0.6) is 0 Å². The predicted molar refractivity (Wildman–Crippen MR) is 125 cm³/mol. The second-order valence-corrected chi connectivity index (χ2v) is 8.53. The van der Waals surface area contributed by atoms with Crippen molar-refractivity contribution in [2.75, 3.05) is 27.4 Å². The molecule has 0 aromatic heterocycles. The molecule has 0 aromatic carbocycles. The van der Waals surface area contributed by atoms with E-state index in [-0.39, 0.29) is 35.7 Å². The van der Waals surface area contributed by atoms with Crippen LogP contribution in [0.3, 0.4) is 0 Å². The molecule has 0 radical (unpaired) electrons. The smallest absolute Gasteiger partial charge is 0.294 e. The largest absolute Gasteiger partial charge is 0.550 e. The number of rotatable bonds is 20. The molecule has 15 heteroatoms. The highest BCUT2D eigenvalue weighted by Gasteiger charge is 2.39. The van der Waals surface area contributed by atoms with Crippen LogP contribution in [0, 0.1) is 26.1 Å². The van der Waals surface area contributed by atoms with Crippen molar-refractivity contribution in [3.05, 3.63) is 42.9 Å². The molecule has 15 nitrogen and oxygen atoms in total. The van der Waals surface area contributed by atoms with E-state index in [9.17, 15) is 39.7 Å². The van der Waals surface area contributed by atoms with E-state index in [1.54, 1.807) is 0 Å². The molecule has 0 saturated heterocycles. The summed E-state index contributed by atoms with van der Waals surface area (Å²) in [5.74, 6) is -2.45. The Kier molecular flexibility index (Phi) is 14.2. The molecule has 1 aliphatic rings. The zero-order valence-corrected chi connectivity index (χ0v) is 21.6. The van der Waals surface area contributed by atoms with E-state index in [1.165, 1.54) is 21.1 Å². The van der Waals surface area contributed by atoms with Crippen molar-refractivity contribution >= 4 is 17.7 Å². The first-order valence-electron chi connectivity index (χ1n) is 12.1. The van der Waals surface area contributed by atoms with Crippen LogP contribution in [0.1, 0.15) is 64.7 Å². The first-order valence-corrected chi connectivity index (χ1v) is 12.1. The average molecular weight is 546 g/mol. The lowest BCUT2D eigenvalue weighted by molar-refractivity contribution is -0.790. The lowest BCUT2D eigenvalue weighted by Gasteiger charge is -2.28. The topological polar surface area (TPSA) is 207 Å². The van der Waals surface area contributed by atoms with Crippen LogP contribution in [-0.2, 0) is 33.5 Å². The summed E-state index contributed by atoms with van der Waals surface area (Å²) in [4.78, 5) is 66.8. The molecular weight excluding hydrogens is 512 g/mol. The molecule has 0 aliphatic heterocycles. The average Bonchev–Trinajstić information content (AvgIpc) is 2.84. The second-order valence-electron chi connectivity index (χ2n) is 8.53. The molecule has 0 aromatic rings. The zero-order chi connectivity index (χ0) is 28.7. The normalized spacial score (nSPS) is 15.1. The van der Waals surface area contributed by atoms with Gasteiger partial charge in [-0.05, 0) is 32.1 Å². The third kappa shape index (κ3) is 10.6. The van der Waals surface area contributed by atoms with Crippen LogP contribution in [0.15, 0.2) is 22.7 Å². The van der Waals surface area contributed by atoms with Gasteiger partial charge in [0.1, 0.15) is 12.7 Å². The highest BCUT2D eigenvalue weighted by molar-refractivity contribution is 6.23. The number of ether oxygens (including phenoxy) is 3. The van der Waals surface area contributed by atoms with E-state index in [0.717, 1.165) is 32.1 Å². The molecule has 0 N–H and O–H groups in total. The SMILES string of the molecule is COC1=C(OC)C(=O)C(C(CCCCCCCCCOC(=O)[O-])CC(CO[N+](=O)[O-])O[N+](=O)[O-])=C(C)C1=O. The van der Waals surface area contributed by atoms with Gasteiger partial charge in [-0.15, -0.1) is 20.2 Å². The highest BCUT2D eigenvalue weighted by Crippen LogP contribution is 2.35. The first-order chi connectivity index (χ1) is 18.0. The van der Waals surface area contributed by atoms with E-state index < -0.39 is 46.5 Å². The Morgan fingerprint density at radius 3 is 1.95 bits per heavy atom. The van der Waals surface area contributed by atoms with Gasteiger partial charge in [-0.25, -0.2) is 0 Å². The molecule has 1 rings (SSSR count). The number of allylic oxidation sites excluding steroid dienone is 2. The van der Waals surface area contributed by atoms with Gasteiger partial charge in [0, 0.05) is 17.8 Å². The van der Waals surface area contributed by atoms with Gasteiger partial charge in [0.15, 0.2) is 0 Å². The van der Waals surface area contributed by atoms with E-state index in [4.69, 9.17) is 9.47 Å². The quantitative estimate of drug-likeness (QED) is 0.0707. The van der Waals surface area contributed by atoms with E-state index in [1.807, 2.05) is 0 Å². The van der Waals surface area contributed by atoms with Crippen LogP contribution < -0.4 is 5.11 Å². The van der Waals surface area contributed by atoms with Crippen molar-refractivity contribution in [2.24, 2.45) is 5.92 Å². The summed E-state index contributed by atoms with van der Waals surface area (Å²) in [5, 5.41) is 29.6. The number of carboxylic acid groups (broad SMARTS) is 1. The van der Waals surface area contributed by atoms with Crippen LogP contribution in [0.2, 0.25) is 0 Å². The van der Waals surface area contributed by atoms with Crippen molar-refractivity contribution in [2.45, 2.75) is 70.8 Å². The Morgan fingerprint density at radius 2 is 1.42 bits per heavy atom. The summed E-state index contributed by atoms with van der Waals surface area (Å²) in [6.45, 7) is 0.785. The van der Waals surface area contributed by atoms with Gasteiger partial charge in [0.2, 0.25) is 23.1 Å². The predicted octanol–water partition coefficient (Wildman–Crippen LogP) is 2.23. The fraction of sp³-hybridized carbons (Fsp3) is 0.696. The van der Waals surface area contributed by atoms with Gasteiger partial charge in [0.05, 0.1) is 14.2 Å². The van der Waals surface area contributed by atoms with Crippen molar-refractivity contribution in [1.29, 1.82) is 0 Å². The van der Waals surface area contributed by atoms with Gasteiger partial charge in [-0.3, -0.25) is 9.59 Å². The Morgan fingerprint density at radius 1 is 0.868 bits per heavy atom. The molecule has 0 heterocycles.